The predicted octanol–water partition coefficient (Wildman–Crippen LogP) is 4.21. The summed E-state index contributed by atoms with van der Waals surface area (Å²) in [6.07, 6.45) is 7.59. The van der Waals surface area contributed by atoms with Crippen molar-refractivity contribution in [2.24, 2.45) is 0 Å². The second kappa shape index (κ2) is 12.9. The Morgan fingerprint density at radius 3 is 2.35 bits per heavy atom. The second-order valence-corrected chi connectivity index (χ2v) is 5.02. The number of hydrogen-bond donors (Lipinski definition) is 1. The number of rotatable bonds is 8. The summed E-state index contributed by atoms with van der Waals surface area (Å²) in [5.74, 6) is -0.0880. The lowest BCUT2D eigenvalue weighted by molar-refractivity contribution is -0.143. The van der Waals surface area contributed by atoms with Crippen LogP contribution in [0, 0.1) is 6.58 Å². The van der Waals surface area contributed by atoms with Gasteiger partial charge in [-0.2, -0.15) is 0 Å². The molecule has 1 unspecified atom stereocenters. The standard InChI is InChI=1S/C11H19O.C6H12O2/c1-5-10(3)8-7-9-11(4,12)6-2;1-3-5-6(7)8-4-2/h2,6,8,12H,5,7,9H2,1,3-4H3;3-5H2,1-2H3/b6-2?,10-8+;. The third kappa shape index (κ3) is 15.0. The lowest BCUT2D eigenvalue weighted by Gasteiger charge is -2.16. The van der Waals surface area contributed by atoms with E-state index in [4.69, 9.17) is 6.58 Å². The van der Waals surface area contributed by atoms with Gasteiger partial charge in [0.1, 0.15) is 0 Å². The van der Waals surface area contributed by atoms with Crippen molar-refractivity contribution in [3.05, 3.63) is 24.3 Å². The first kappa shape index (κ1) is 21.2. The van der Waals surface area contributed by atoms with Crippen LogP contribution in [0.4, 0.5) is 0 Å². The summed E-state index contributed by atoms with van der Waals surface area (Å²) in [4.78, 5) is 10.4. The molecule has 3 nitrogen and oxygen atoms in total. The molecular weight excluding hydrogens is 252 g/mol. The van der Waals surface area contributed by atoms with Gasteiger partial charge in [-0.05, 0) is 46.5 Å². The Morgan fingerprint density at radius 2 is 1.95 bits per heavy atom. The molecule has 3 heteroatoms. The van der Waals surface area contributed by atoms with E-state index < -0.39 is 5.60 Å². The van der Waals surface area contributed by atoms with Crippen LogP contribution in [0.3, 0.4) is 0 Å². The van der Waals surface area contributed by atoms with Gasteiger partial charge in [-0.3, -0.25) is 4.79 Å². The molecule has 0 saturated carbocycles. The molecule has 0 aliphatic carbocycles. The van der Waals surface area contributed by atoms with Gasteiger partial charge >= 0.3 is 5.97 Å². The zero-order valence-electron chi connectivity index (χ0n) is 13.7. The summed E-state index contributed by atoms with van der Waals surface area (Å²) >= 11 is 0. The molecule has 0 bridgehead atoms. The van der Waals surface area contributed by atoms with Gasteiger partial charge in [-0.25, -0.2) is 0 Å². The van der Waals surface area contributed by atoms with Crippen LogP contribution in [0.2, 0.25) is 0 Å². The summed E-state index contributed by atoms with van der Waals surface area (Å²) in [7, 11) is 0. The molecule has 0 amide bonds. The Balaban J connectivity index is 0. The van der Waals surface area contributed by atoms with Crippen molar-refractivity contribution >= 4 is 5.97 Å². The Kier molecular flexibility index (Phi) is 13.7. The molecule has 0 saturated heterocycles. The summed E-state index contributed by atoms with van der Waals surface area (Å²) in [5.41, 5.74) is 0.549. The highest BCUT2D eigenvalue weighted by atomic mass is 16.5. The van der Waals surface area contributed by atoms with E-state index in [9.17, 15) is 9.90 Å². The van der Waals surface area contributed by atoms with E-state index in [1.807, 2.05) is 13.8 Å². The Morgan fingerprint density at radius 1 is 1.35 bits per heavy atom. The first-order chi connectivity index (χ1) is 9.32. The smallest absolute Gasteiger partial charge is 0.305 e. The average Bonchev–Trinajstić information content (AvgIpc) is 2.39. The second-order valence-electron chi connectivity index (χ2n) is 5.02. The van der Waals surface area contributed by atoms with Crippen LogP contribution >= 0.6 is 0 Å². The van der Waals surface area contributed by atoms with Crippen LogP contribution in [0.15, 0.2) is 17.7 Å². The molecule has 0 aromatic heterocycles. The lowest BCUT2D eigenvalue weighted by Crippen LogP contribution is -2.19. The highest BCUT2D eigenvalue weighted by Crippen LogP contribution is 2.14. The molecule has 0 aromatic carbocycles. The maximum absolute atomic E-state index is 10.4. The van der Waals surface area contributed by atoms with Gasteiger partial charge in [0.05, 0.1) is 12.2 Å². The number of esters is 1. The van der Waals surface area contributed by atoms with Gasteiger partial charge in [0.25, 0.3) is 0 Å². The minimum atomic E-state index is -0.815. The molecule has 1 N–H and O–H groups in total. The minimum Gasteiger partial charge on any atom is -0.466 e. The maximum atomic E-state index is 10.4. The number of hydrogen-bond acceptors (Lipinski definition) is 3. The predicted molar refractivity (Wildman–Crippen MR) is 84.3 cm³/mol. The fraction of sp³-hybridized carbons (Fsp3) is 0.706. The summed E-state index contributed by atoms with van der Waals surface area (Å²) in [6.45, 7) is 15.5. The largest absolute Gasteiger partial charge is 0.466 e. The summed E-state index contributed by atoms with van der Waals surface area (Å²) in [5, 5.41) is 9.50. The first-order valence-corrected chi connectivity index (χ1v) is 7.42. The van der Waals surface area contributed by atoms with Crippen LogP contribution in [-0.4, -0.2) is 23.3 Å². The molecule has 1 radical (unpaired) electrons. The van der Waals surface area contributed by atoms with E-state index in [0.717, 1.165) is 19.3 Å². The van der Waals surface area contributed by atoms with Crippen LogP contribution in [0.5, 0.6) is 0 Å². The molecule has 0 rings (SSSR count). The Bertz CT molecular complexity index is 283. The summed E-state index contributed by atoms with van der Waals surface area (Å²) in [6, 6.07) is 0. The highest BCUT2D eigenvalue weighted by molar-refractivity contribution is 5.69. The van der Waals surface area contributed by atoms with Gasteiger partial charge < -0.3 is 9.84 Å². The number of allylic oxidation sites excluding steroid dienone is 2. The molecule has 20 heavy (non-hydrogen) atoms. The minimum absolute atomic E-state index is 0.0880. The van der Waals surface area contributed by atoms with Gasteiger partial charge in [0.15, 0.2) is 0 Å². The van der Waals surface area contributed by atoms with Crippen molar-refractivity contribution in [2.75, 3.05) is 6.61 Å². The molecule has 0 heterocycles. The van der Waals surface area contributed by atoms with Gasteiger partial charge in [-0.1, -0.05) is 38.2 Å². The van der Waals surface area contributed by atoms with E-state index in [-0.39, 0.29) is 5.97 Å². The van der Waals surface area contributed by atoms with Crippen molar-refractivity contribution in [1.29, 1.82) is 0 Å². The number of carbonyl (C=O) groups is 1. The van der Waals surface area contributed by atoms with Crippen molar-refractivity contribution in [3.8, 4) is 0 Å². The summed E-state index contributed by atoms with van der Waals surface area (Å²) < 4.78 is 4.64. The quantitative estimate of drug-likeness (QED) is 0.536. The molecule has 0 spiro atoms. The van der Waals surface area contributed by atoms with Gasteiger partial charge in [-0.15, -0.1) is 0 Å². The molecule has 0 aromatic rings. The number of aliphatic hydroxyl groups is 1. The Hall–Kier alpha value is -1.09. The number of ether oxygens (including phenoxy) is 1. The van der Waals surface area contributed by atoms with Crippen LogP contribution in [0.25, 0.3) is 0 Å². The van der Waals surface area contributed by atoms with E-state index in [2.05, 4.69) is 24.7 Å². The average molecular weight is 283 g/mol. The van der Waals surface area contributed by atoms with Gasteiger partial charge in [0.2, 0.25) is 0 Å². The van der Waals surface area contributed by atoms with E-state index in [1.54, 1.807) is 6.92 Å². The van der Waals surface area contributed by atoms with Crippen LogP contribution in [-0.2, 0) is 9.53 Å². The molecular formula is C17H31O3. The molecule has 0 aliphatic heterocycles. The number of carbonyl (C=O) groups excluding carboxylic acids is 1. The van der Waals surface area contributed by atoms with Crippen LogP contribution < -0.4 is 0 Å². The van der Waals surface area contributed by atoms with Crippen LogP contribution in [0.1, 0.15) is 66.7 Å². The fourth-order valence-corrected chi connectivity index (χ4v) is 1.28. The fourth-order valence-electron chi connectivity index (χ4n) is 1.28. The van der Waals surface area contributed by atoms with E-state index in [1.165, 1.54) is 11.6 Å². The molecule has 0 fully saturated rings. The maximum Gasteiger partial charge on any atom is 0.305 e. The molecule has 0 aliphatic rings. The van der Waals surface area contributed by atoms with E-state index in [0.29, 0.717) is 19.4 Å². The Labute approximate surface area is 124 Å². The van der Waals surface area contributed by atoms with Crippen molar-refractivity contribution in [2.45, 2.75) is 72.3 Å². The van der Waals surface area contributed by atoms with Crippen molar-refractivity contribution in [1.82, 2.24) is 0 Å². The highest BCUT2D eigenvalue weighted by Gasteiger charge is 2.13. The zero-order valence-corrected chi connectivity index (χ0v) is 13.7. The normalized spacial score (nSPS) is 13.8. The monoisotopic (exact) mass is 283 g/mol. The van der Waals surface area contributed by atoms with Crippen molar-refractivity contribution < 1.29 is 14.6 Å². The van der Waals surface area contributed by atoms with Gasteiger partial charge in [0, 0.05) is 6.42 Å². The van der Waals surface area contributed by atoms with Crippen molar-refractivity contribution in [3.63, 3.8) is 0 Å². The SMILES string of the molecule is CCCC(=O)OCC.[CH]=CC(C)(O)CC/C=C(\C)CC. The topological polar surface area (TPSA) is 46.5 Å². The zero-order chi connectivity index (χ0) is 16.0. The molecule has 117 valence electrons. The third-order valence-corrected chi connectivity index (χ3v) is 2.82. The first-order valence-electron chi connectivity index (χ1n) is 7.42. The lowest BCUT2D eigenvalue weighted by atomic mass is 9.99. The molecule has 1 atom stereocenters. The third-order valence-electron chi connectivity index (χ3n) is 2.82. The van der Waals surface area contributed by atoms with E-state index >= 15 is 0 Å².